The van der Waals surface area contributed by atoms with Gasteiger partial charge < -0.3 is 10.1 Å². The van der Waals surface area contributed by atoms with Crippen LogP contribution < -0.4 is 5.32 Å². The van der Waals surface area contributed by atoms with E-state index in [1.54, 1.807) is 0 Å². The fourth-order valence-electron chi connectivity index (χ4n) is 3.54. The van der Waals surface area contributed by atoms with Gasteiger partial charge in [0.15, 0.2) is 0 Å². The molecule has 1 heterocycles. The summed E-state index contributed by atoms with van der Waals surface area (Å²) < 4.78 is 6.02. The molecule has 4 atom stereocenters. The second kappa shape index (κ2) is 6.06. The maximum absolute atomic E-state index is 6.02. The van der Waals surface area contributed by atoms with Crippen LogP contribution in [0.25, 0.3) is 0 Å². The van der Waals surface area contributed by atoms with E-state index < -0.39 is 0 Å². The molecule has 1 N–H and O–H groups in total. The van der Waals surface area contributed by atoms with E-state index in [0.29, 0.717) is 12.1 Å². The summed E-state index contributed by atoms with van der Waals surface area (Å²) in [4.78, 5) is 0. The number of hydrogen-bond acceptors (Lipinski definition) is 2. The van der Waals surface area contributed by atoms with Crippen LogP contribution in [0, 0.1) is 5.92 Å². The Morgan fingerprint density at radius 3 is 2.79 bits per heavy atom. The van der Waals surface area contributed by atoms with Gasteiger partial charge in [0.1, 0.15) is 0 Å². The van der Waals surface area contributed by atoms with Gasteiger partial charge in [0, 0.05) is 12.6 Å². The molecule has 0 radical (unpaired) electrons. The molecule has 2 aliphatic rings. The van der Waals surface area contributed by atoms with Crippen molar-refractivity contribution in [2.45, 2.75) is 50.7 Å². The molecule has 0 spiro atoms. The third-order valence-electron chi connectivity index (χ3n) is 4.58. The van der Waals surface area contributed by atoms with Gasteiger partial charge in [0.25, 0.3) is 0 Å². The highest BCUT2D eigenvalue weighted by molar-refractivity contribution is 5.27. The molecule has 0 aromatic heterocycles. The van der Waals surface area contributed by atoms with Gasteiger partial charge in [-0.05, 0) is 49.6 Å². The van der Waals surface area contributed by atoms with Crippen molar-refractivity contribution in [1.29, 1.82) is 0 Å². The predicted molar refractivity (Wildman–Crippen MR) is 78.3 cm³/mol. The minimum Gasteiger partial charge on any atom is -0.377 e. The molecule has 1 aliphatic carbocycles. The van der Waals surface area contributed by atoms with Gasteiger partial charge in [-0.3, -0.25) is 0 Å². The lowest BCUT2D eigenvalue weighted by molar-refractivity contribution is -0.0124. The third kappa shape index (κ3) is 3.01. The summed E-state index contributed by atoms with van der Waals surface area (Å²) in [5, 5.41) is 3.69. The third-order valence-corrected chi connectivity index (χ3v) is 4.58. The maximum atomic E-state index is 6.02. The molecule has 2 nitrogen and oxygen atoms in total. The van der Waals surface area contributed by atoms with Crippen LogP contribution in [0.3, 0.4) is 0 Å². The first-order valence-electron chi connectivity index (χ1n) is 7.80. The van der Waals surface area contributed by atoms with E-state index >= 15 is 0 Å². The molecule has 1 saturated carbocycles. The highest BCUT2D eigenvalue weighted by Gasteiger charge is 2.46. The van der Waals surface area contributed by atoms with Gasteiger partial charge in [-0.2, -0.15) is 0 Å². The van der Waals surface area contributed by atoms with E-state index in [4.69, 9.17) is 4.74 Å². The Balaban J connectivity index is 1.65. The van der Waals surface area contributed by atoms with E-state index in [1.165, 1.54) is 31.2 Å². The fourth-order valence-corrected chi connectivity index (χ4v) is 3.54. The first kappa shape index (κ1) is 13.1. The summed E-state index contributed by atoms with van der Waals surface area (Å²) >= 11 is 0. The van der Waals surface area contributed by atoms with Crippen LogP contribution in [-0.2, 0) is 4.74 Å². The highest BCUT2D eigenvalue weighted by Crippen LogP contribution is 2.50. The monoisotopic (exact) mass is 259 g/mol. The molecule has 1 aromatic carbocycles. The minimum atomic E-state index is 0.437. The lowest BCUT2D eigenvalue weighted by atomic mass is 9.96. The summed E-state index contributed by atoms with van der Waals surface area (Å²) in [5.74, 6) is 1.52. The first-order valence-corrected chi connectivity index (χ1v) is 7.80. The topological polar surface area (TPSA) is 21.3 Å². The standard InChI is InChI=1S/C17H25NO/c1-2-18-17(16-10-6-7-11-19-16)15-12-14(15)13-8-4-3-5-9-13/h3-5,8-9,14-18H,2,6-7,10-12H2,1H3. The number of hydrogen-bond donors (Lipinski definition) is 1. The average Bonchev–Trinajstić information content (AvgIpc) is 3.27. The summed E-state index contributed by atoms with van der Waals surface area (Å²) in [6.45, 7) is 4.20. The smallest absolute Gasteiger partial charge is 0.0730 e. The van der Waals surface area contributed by atoms with Gasteiger partial charge in [-0.25, -0.2) is 0 Å². The molecule has 2 heteroatoms. The molecular formula is C17H25NO. The molecule has 1 saturated heterocycles. The molecule has 104 valence electrons. The fraction of sp³-hybridized carbons (Fsp3) is 0.647. The maximum Gasteiger partial charge on any atom is 0.0730 e. The number of ether oxygens (including phenoxy) is 1. The summed E-state index contributed by atoms with van der Waals surface area (Å²) in [7, 11) is 0. The van der Waals surface area contributed by atoms with Gasteiger partial charge in [-0.15, -0.1) is 0 Å². The molecule has 1 aliphatic heterocycles. The van der Waals surface area contributed by atoms with Crippen LogP contribution in [0.5, 0.6) is 0 Å². The second-order valence-electron chi connectivity index (χ2n) is 5.91. The highest BCUT2D eigenvalue weighted by atomic mass is 16.5. The second-order valence-corrected chi connectivity index (χ2v) is 5.91. The van der Waals surface area contributed by atoms with Crippen LogP contribution >= 0.6 is 0 Å². The van der Waals surface area contributed by atoms with E-state index in [9.17, 15) is 0 Å². The zero-order valence-corrected chi connectivity index (χ0v) is 11.8. The Morgan fingerprint density at radius 1 is 1.26 bits per heavy atom. The SMILES string of the molecule is CCNC(C1CCCCO1)C1CC1c1ccccc1. The largest absolute Gasteiger partial charge is 0.377 e. The Bertz CT molecular complexity index is 386. The zero-order valence-electron chi connectivity index (χ0n) is 11.8. The molecule has 4 unspecified atom stereocenters. The van der Waals surface area contributed by atoms with Crippen LogP contribution in [0.2, 0.25) is 0 Å². The van der Waals surface area contributed by atoms with Crippen molar-refractivity contribution in [1.82, 2.24) is 5.32 Å². The number of rotatable bonds is 5. The normalized spacial score (nSPS) is 31.9. The quantitative estimate of drug-likeness (QED) is 0.875. The lowest BCUT2D eigenvalue weighted by Crippen LogP contribution is -2.44. The summed E-state index contributed by atoms with van der Waals surface area (Å²) in [5.41, 5.74) is 1.51. The molecule has 19 heavy (non-hydrogen) atoms. The van der Waals surface area contributed by atoms with Crippen LogP contribution in [0.1, 0.15) is 44.1 Å². The molecule has 1 aromatic rings. The molecular weight excluding hydrogens is 234 g/mol. The van der Waals surface area contributed by atoms with Crippen molar-refractivity contribution >= 4 is 0 Å². The average molecular weight is 259 g/mol. The van der Waals surface area contributed by atoms with Crippen molar-refractivity contribution in [3.63, 3.8) is 0 Å². The predicted octanol–water partition coefficient (Wildman–Crippen LogP) is 3.34. The van der Waals surface area contributed by atoms with E-state index in [-0.39, 0.29) is 0 Å². The van der Waals surface area contributed by atoms with Gasteiger partial charge in [0.2, 0.25) is 0 Å². The van der Waals surface area contributed by atoms with Crippen LogP contribution in [0.15, 0.2) is 30.3 Å². The Hall–Kier alpha value is -0.860. The van der Waals surface area contributed by atoms with Crippen molar-refractivity contribution < 1.29 is 4.74 Å². The van der Waals surface area contributed by atoms with Crippen molar-refractivity contribution in [3.8, 4) is 0 Å². The van der Waals surface area contributed by atoms with Gasteiger partial charge in [-0.1, -0.05) is 37.3 Å². The molecule has 3 rings (SSSR count). The van der Waals surface area contributed by atoms with Crippen LogP contribution in [0.4, 0.5) is 0 Å². The van der Waals surface area contributed by atoms with E-state index in [2.05, 4.69) is 42.6 Å². The van der Waals surface area contributed by atoms with E-state index in [1.807, 2.05) is 0 Å². The first-order chi connectivity index (χ1) is 9.40. The number of likely N-dealkylation sites (N-methyl/N-ethyl adjacent to an activating group) is 1. The van der Waals surface area contributed by atoms with Gasteiger partial charge in [0.05, 0.1) is 6.10 Å². The van der Waals surface area contributed by atoms with Crippen molar-refractivity contribution in [2.24, 2.45) is 5.92 Å². The molecule has 0 bridgehead atoms. The summed E-state index contributed by atoms with van der Waals surface area (Å²) in [6.07, 6.45) is 5.56. The Kier molecular flexibility index (Phi) is 4.19. The van der Waals surface area contributed by atoms with E-state index in [0.717, 1.165) is 25.0 Å². The molecule has 2 fully saturated rings. The minimum absolute atomic E-state index is 0.437. The van der Waals surface area contributed by atoms with Crippen molar-refractivity contribution in [3.05, 3.63) is 35.9 Å². The Morgan fingerprint density at radius 2 is 2.11 bits per heavy atom. The Labute approximate surface area is 116 Å². The molecule has 0 amide bonds. The summed E-state index contributed by atoms with van der Waals surface area (Å²) in [6, 6.07) is 11.5. The van der Waals surface area contributed by atoms with Crippen LogP contribution in [-0.4, -0.2) is 25.3 Å². The van der Waals surface area contributed by atoms with Crippen molar-refractivity contribution in [2.75, 3.05) is 13.2 Å². The zero-order chi connectivity index (χ0) is 13.1. The number of nitrogens with one attached hydrogen (secondary N) is 1. The number of benzene rings is 1. The lowest BCUT2D eigenvalue weighted by Gasteiger charge is -2.31. The van der Waals surface area contributed by atoms with Gasteiger partial charge >= 0.3 is 0 Å².